The van der Waals surface area contributed by atoms with Gasteiger partial charge in [-0.3, -0.25) is 9.59 Å². The van der Waals surface area contributed by atoms with Crippen molar-refractivity contribution < 1.29 is 24.5 Å². The van der Waals surface area contributed by atoms with E-state index in [2.05, 4.69) is 38.2 Å². The molecule has 61 heavy (non-hydrogen) atoms. The Morgan fingerprint density at radius 2 is 0.787 bits per heavy atom. The SMILES string of the molecule is CCCCCCCC/C=C/CCCCCCCCCC(=O)OC(CCCCCCCCCCC)CC(=O)NC(CO)C(O)CCCCCCCCCCCCCCCCCC. The largest absolute Gasteiger partial charge is 0.462 e. The minimum absolute atomic E-state index is 0.0826. The molecule has 0 bridgehead atoms. The van der Waals surface area contributed by atoms with Gasteiger partial charge in [0.2, 0.25) is 5.91 Å². The van der Waals surface area contributed by atoms with E-state index in [1.807, 2.05) is 0 Å². The first-order valence-electron chi connectivity index (χ1n) is 27.4. The number of rotatable bonds is 50. The standard InChI is InChI=1S/C55H107NO5/c1-4-7-10-13-16-19-21-23-25-27-29-31-33-36-39-42-45-48-55(60)61-51(46-43-40-37-34-18-15-12-9-6-3)49-54(59)56-52(50-57)53(58)47-44-41-38-35-32-30-28-26-24-22-20-17-14-11-8-5-2/h23,25,51-53,57-58H,4-22,24,26-50H2,1-3H3,(H,56,59)/b25-23+. The monoisotopic (exact) mass is 862 g/mol. The number of ether oxygens (including phenoxy) is 1. The summed E-state index contributed by atoms with van der Waals surface area (Å²) in [7, 11) is 0. The maximum absolute atomic E-state index is 13.2. The van der Waals surface area contributed by atoms with Crippen LogP contribution in [0.2, 0.25) is 0 Å². The number of esters is 1. The quantitative estimate of drug-likeness (QED) is 0.0322. The molecule has 0 aliphatic carbocycles. The highest BCUT2D eigenvalue weighted by atomic mass is 16.5. The van der Waals surface area contributed by atoms with Gasteiger partial charge in [0.05, 0.1) is 25.2 Å². The van der Waals surface area contributed by atoms with E-state index in [-0.39, 0.29) is 24.9 Å². The molecule has 0 aromatic rings. The first kappa shape index (κ1) is 59.6. The molecule has 3 atom stereocenters. The van der Waals surface area contributed by atoms with Gasteiger partial charge >= 0.3 is 5.97 Å². The Morgan fingerprint density at radius 1 is 0.459 bits per heavy atom. The van der Waals surface area contributed by atoms with Crippen molar-refractivity contribution in [3.8, 4) is 0 Å². The zero-order valence-electron chi connectivity index (χ0n) is 41.3. The Labute approximate surface area is 380 Å². The Balaban J connectivity index is 4.38. The molecule has 6 heteroatoms. The second-order valence-corrected chi connectivity index (χ2v) is 19.0. The van der Waals surface area contributed by atoms with Crippen LogP contribution in [0.4, 0.5) is 0 Å². The summed E-state index contributed by atoms with van der Waals surface area (Å²) >= 11 is 0. The summed E-state index contributed by atoms with van der Waals surface area (Å²) in [6.07, 6.45) is 55.6. The van der Waals surface area contributed by atoms with Crippen LogP contribution in [0.5, 0.6) is 0 Å². The topological polar surface area (TPSA) is 95.9 Å². The van der Waals surface area contributed by atoms with Crippen molar-refractivity contribution >= 4 is 11.9 Å². The number of carbonyl (C=O) groups excluding carboxylic acids is 2. The van der Waals surface area contributed by atoms with Crippen molar-refractivity contribution in [1.82, 2.24) is 5.32 Å². The molecule has 0 aromatic heterocycles. The molecule has 0 aliphatic rings. The van der Waals surface area contributed by atoms with E-state index in [4.69, 9.17) is 4.74 Å². The average molecular weight is 862 g/mol. The minimum Gasteiger partial charge on any atom is -0.462 e. The van der Waals surface area contributed by atoms with Gasteiger partial charge in [-0.1, -0.05) is 251 Å². The predicted octanol–water partition coefficient (Wildman–Crippen LogP) is 16.5. The summed E-state index contributed by atoms with van der Waals surface area (Å²) in [6, 6.07) is -0.695. The Morgan fingerprint density at radius 3 is 1.16 bits per heavy atom. The van der Waals surface area contributed by atoms with Gasteiger partial charge in [0, 0.05) is 6.42 Å². The number of unbranched alkanes of at least 4 members (excludes halogenated alkanes) is 36. The van der Waals surface area contributed by atoms with Gasteiger partial charge in [-0.05, 0) is 51.4 Å². The number of nitrogens with one attached hydrogen (secondary N) is 1. The van der Waals surface area contributed by atoms with E-state index in [0.29, 0.717) is 19.3 Å². The van der Waals surface area contributed by atoms with E-state index >= 15 is 0 Å². The van der Waals surface area contributed by atoms with E-state index in [1.54, 1.807) is 0 Å². The second-order valence-electron chi connectivity index (χ2n) is 19.0. The van der Waals surface area contributed by atoms with Gasteiger partial charge in [-0.15, -0.1) is 0 Å². The molecule has 3 N–H and O–H groups in total. The van der Waals surface area contributed by atoms with Gasteiger partial charge in [0.15, 0.2) is 0 Å². The van der Waals surface area contributed by atoms with Crippen molar-refractivity contribution in [2.75, 3.05) is 6.61 Å². The Hall–Kier alpha value is -1.40. The van der Waals surface area contributed by atoms with Crippen LogP contribution < -0.4 is 5.32 Å². The highest BCUT2D eigenvalue weighted by molar-refractivity contribution is 5.77. The van der Waals surface area contributed by atoms with E-state index < -0.39 is 18.2 Å². The van der Waals surface area contributed by atoms with Crippen LogP contribution in [0.1, 0.15) is 303 Å². The lowest BCUT2D eigenvalue weighted by atomic mass is 10.0. The molecular formula is C55H107NO5. The number of hydrogen-bond donors (Lipinski definition) is 3. The van der Waals surface area contributed by atoms with Crippen molar-refractivity contribution in [2.24, 2.45) is 0 Å². The van der Waals surface area contributed by atoms with Crippen molar-refractivity contribution in [1.29, 1.82) is 0 Å². The minimum atomic E-state index is -0.782. The van der Waals surface area contributed by atoms with Crippen LogP contribution in [0.15, 0.2) is 12.2 Å². The zero-order valence-corrected chi connectivity index (χ0v) is 41.3. The maximum Gasteiger partial charge on any atom is 0.306 e. The molecular weight excluding hydrogens is 755 g/mol. The highest BCUT2D eigenvalue weighted by Crippen LogP contribution is 2.19. The summed E-state index contributed by atoms with van der Waals surface area (Å²) in [5.41, 5.74) is 0. The number of amides is 1. The smallest absolute Gasteiger partial charge is 0.306 e. The van der Waals surface area contributed by atoms with E-state index in [0.717, 1.165) is 44.9 Å². The molecule has 6 nitrogen and oxygen atoms in total. The lowest BCUT2D eigenvalue weighted by Crippen LogP contribution is -2.46. The third kappa shape index (κ3) is 45.0. The first-order valence-corrected chi connectivity index (χ1v) is 27.4. The van der Waals surface area contributed by atoms with Crippen LogP contribution in [0, 0.1) is 0 Å². The van der Waals surface area contributed by atoms with Crippen LogP contribution in [-0.2, 0) is 14.3 Å². The van der Waals surface area contributed by atoms with Crippen LogP contribution >= 0.6 is 0 Å². The molecule has 0 aromatic carbocycles. The Kier molecular flexibility index (Phi) is 48.5. The molecule has 0 saturated carbocycles. The van der Waals surface area contributed by atoms with Gasteiger partial charge < -0.3 is 20.3 Å². The van der Waals surface area contributed by atoms with E-state index in [1.165, 1.54) is 212 Å². The molecule has 0 spiro atoms. The lowest BCUT2D eigenvalue weighted by Gasteiger charge is -2.24. The molecule has 0 aliphatic heterocycles. The number of carbonyl (C=O) groups is 2. The van der Waals surface area contributed by atoms with Crippen LogP contribution in [0.25, 0.3) is 0 Å². The van der Waals surface area contributed by atoms with Crippen molar-refractivity contribution in [3.63, 3.8) is 0 Å². The number of allylic oxidation sites excluding steroid dienone is 2. The molecule has 0 fully saturated rings. The van der Waals surface area contributed by atoms with Gasteiger partial charge in [-0.2, -0.15) is 0 Å². The third-order valence-electron chi connectivity index (χ3n) is 12.8. The highest BCUT2D eigenvalue weighted by Gasteiger charge is 2.24. The summed E-state index contributed by atoms with van der Waals surface area (Å²) < 4.78 is 5.93. The molecule has 0 saturated heterocycles. The van der Waals surface area contributed by atoms with Gasteiger partial charge in [0.1, 0.15) is 6.10 Å². The van der Waals surface area contributed by atoms with E-state index in [9.17, 15) is 19.8 Å². The van der Waals surface area contributed by atoms with Crippen LogP contribution in [-0.4, -0.2) is 46.9 Å². The predicted molar refractivity (Wildman–Crippen MR) is 264 cm³/mol. The fraction of sp³-hybridized carbons (Fsp3) is 0.927. The lowest BCUT2D eigenvalue weighted by molar-refractivity contribution is -0.151. The number of aliphatic hydroxyl groups is 2. The summed E-state index contributed by atoms with van der Waals surface area (Å²) in [6.45, 7) is 6.50. The average Bonchev–Trinajstić information content (AvgIpc) is 3.25. The molecule has 0 radical (unpaired) electrons. The fourth-order valence-corrected chi connectivity index (χ4v) is 8.66. The van der Waals surface area contributed by atoms with Crippen LogP contribution in [0.3, 0.4) is 0 Å². The summed E-state index contributed by atoms with van der Waals surface area (Å²) in [4.78, 5) is 26.1. The van der Waals surface area contributed by atoms with Crippen molar-refractivity contribution in [3.05, 3.63) is 12.2 Å². The molecule has 3 unspecified atom stereocenters. The summed E-state index contributed by atoms with van der Waals surface area (Å²) in [5.74, 6) is -0.462. The zero-order chi connectivity index (χ0) is 44.5. The van der Waals surface area contributed by atoms with Gasteiger partial charge in [0.25, 0.3) is 0 Å². The molecule has 0 rings (SSSR count). The summed E-state index contributed by atoms with van der Waals surface area (Å²) in [5, 5.41) is 23.8. The fourth-order valence-electron chi connectivity index (χ4n) is 8.66. The van der Waals surface area contributed by atoms with Crippen molar-refractivity contribution in [2.45, 2.75) is 322 Å². The molecule has 1 amide bonds. The Bertz CT molecular complexity index is 924. The third-order valence-corrected chi connectivity index (χ3v) is 12.8. The number of aliphatic hydroxyl groups excluding tert-OH is 2. The molecule has 362 valence electrons. The molecule has 0 heterocycles. The first-order chi connectivity index (χ1) is 30.0. The number of hydrogen-bond acceptors (Lipinski definition) is 5. The maximum atomic E-state index is 13.2. The second kappa shape index (κ2) is 49.6. The normalized spacial score (nSPS) is 13.2. The van der Waals surface area contributed by atoms with Gasteiger partial charge in [-0.25, -0.2) is 0 Å².